The summed E-state index contributed by atoms with van der Waals surface area (Å²) < 4.78 is 34.2. The second-order valence-corrected chi connectivity index (χ2v) is 5.24. The molecule has 0 bridgehead atoms. The highest BCUT2D eigenvalue weighted by molar-refractivity contribution is 5.97. The lowest BCUT2D eigenvalue weighted by molar-refractivity contribution is -0.141. The van der Waals surface area contributed by atoms with Crippen LogP contribution in [0.4, 0.5) is 8.78 Å². The van der Waals surface area contributed by atoms with E-state index in [4.69, 9.17) is 4.74 Å². The van der Waals surface area contributed by atoms with Crippen LogP contribution in [-0.2, 0) is 9.59 Å². The van der Waals surface area contributed by atoms with E-state index in [1.54, 1.807) is 0 Å². The molecule has 0 saturated heterocycles. The Kier molecular flexibility index (Phi) is 7.76. The van der Waals surface area contributed by atoms with Crippen molar-refractivity contribution < 1.29 is 37.7 Å². The van der Waals surface area contributed by atoms with Gasteiger partial charge in [0.1, 0.15) is 6.04 Å². The molecule has 0 heterocycles. The standard InChI is InChI=1S/C16H20F2N2O6/c1-9(15(23)24)20(7-6-19-10(2)21)14(22)11-4-5-12(25-3)13(8-11)26-16(17)18/h4-5,8-9,16H,6-7H2,1-3H3,(H,19,21)(H,23,24). The molecule has 1 aromatic carbocycles. The van der Waals surface area contributed by atoms with Crippen molar-refractivity contribution in [2.75, 3.05) is 20.2 Å². The van der Waals surface area contributed by atoms with Gasteiger partial charge in [-0.2, -0.15) is 8.78 Å². The molecule has 0 aliphatic carbocycles. The molecule has 1 aromatic rings. The topological polar surface area (TPSA) is 105 Å². The fourth-order valence-corrected chi connectivity index (χ4v) is 2.12. The van der Waals surface area contributed by atoms with Crippen molar-refractivity contribution in [3.05, 3.63) is 23.8 Å². The van der Waals surface area contributed by atoms with Gasteiger partial charge in [0.05, 0.1) is 7.11 Å². The summed E-state index contributed by atoms with van der Waals surface area (Å²) >= 11 is 0. The van der Waals surface area contributed by atoms with Crippen LogP contribution in [0.25, 0.3) is 0 Å². The van der Waals surface area contributed by atoms with Crippen LogP contribution >= 0.6 is 0 Å². The first-order chi connectivity index (χ1) is 12.2. The van der Waals surface area contributed by atoms with Crippen molar-refractivity contribution in [1.29, 1.82) is 0 Å². The van der Waals surface area contributed by atoms with Crippen LogP contribution in [0, 0.1) is 0 Å². The van der Waals surface area contributed by atoms with E-state index in [9.17, 15) is 28.3 Å². The van der Waals surface area contributed by atoms with Gasteiger partial charge in [-0.25, -0.2) is 4.79 Å². The zero-order chi connectivity index (χ0) is 19.9. The maximum Gasteiger partial charge on any atom is 0.387 e. The smallest absolute Gasteiger partial charge is 0.387 e. The van der Waals surface area contributed by atoms with E-state index >= 15 is 0 Å². The second-order valence-electron chi connectivity index (χ2n) is 5.24. The fourth-order valence-electron chi connectivity index (χ4n) is 2.12. The first-order valence-electron chi connectivity index (χ1n) is 7.58. The molecule has 0 fully saturated rings. The lowest BCUT2D eigenvalue weighted by Crippen LogP contribution is -2.46. The lowest BCUT2D eigenvalue weighted by Gasteiger charge is -2.27. The van der Waals surface area contributed by atoms with Gasteiger partial charge in [-0.05, 0) is 25.1 Å². The largest absolute Gasteiger partial charge is 0.493 e. The molecule has 0 spiro atoms. The maximum atomic E-state index is 12.7. The molecule has 2 amide bonds. The quantitative estimate of drug-likeness (QED) is 0.676. The SMILES string of the molecule is COc1ccc(C(=O)N(CCNC(C)=O)C(C)C(=O)O)cc1OC(F)F. The van der Waals surface area contributed by atoms with Gasteiger partial charge in [0.2, 0.25) is 5.91 Å². The number of methoxy groups -OCH3 is 1. The number of hydrogen-bond acceptors (Lipinski definition) is 5. The Morgan fingerprint density at radius 3 is 2.42 bits per heavy atom. The molecule has 0 saturated carbocycles. The van der Waals surface area contributed by atoms with Gasteiger partial charge >= 0.3 is 12.6 Å². The van der Waals surface area contributed by atoms with Crippen LogP contribution in [0.3, 0.4) is 0 Å². The third-order valence-electron chi connectivity index (χ3n) is 3.44. The van der Waals surface area contributed by atoms with E-state index in [1.165, 1.54) is 33.1 Å². The van der Waals surface area contributed by atoms with E-state index in [2.05, 4.69) is 10.1 Å². The number of benzene rings is 1. The van der Waals surface area contributed by atoms with Crippen molar-refractivity contribution >= 4 is 17.8 Å². The van der Waals surface area contributed by atoms with Gasteiger partial charge in [0, 0.05) is 25.6 Å². The predicted octanol–water partition coefficient (Wildman–Crippen LogP) is 1.35. The summed E-state index contributed by atoms with van der Waals surface area (Å²) in [6, 6.07) is 2.42. The first kappa shape index (κ1) is 21.1. The summed E-state index contributed by atoms with van der Waals surface area (Å²) in [5.41, 5.74) is -0.0580. The van der Waals surface area contributed by atoms with Gasteiger partial charge in [0.25, 0.3) is 5.91 Å². The molecule has 144 valence electrons. The first-order valence-corrected chi connectivity index (χ1v) is 7.58. The van der Waals surface area contributed by atoms with Crippen molar-refractivity contribution in [1.82, 2.24) is 10.2 Å². The summed E-state index contributed by atoms with van der Waals surface area (Å²) in [5, 5.41) is 11.6. The van der Waals surface area contributed by atoms with E-state index in [-0.39, 0.29) is 36.1 Å². The highest BCUT2D eigenvalue weighted by atomic mass is 19.3. The van der Waals surface area contributed by atoms with Gasteiger partial charge in [-0.3, -0.25) is 9.59 Å². The Morgan fingerprint density at radius 2 is 1.92 bits per heavy atom. The third kappa shape index (κ3) is 5.87. The molecule has 10 heteroatoms. The monoisotopic (exact) mass is 374 g/mol. The highest BCUT2D eigenvalue weighted by Crippen LogP contribution is 2.30. The van der Waals surface area contributed by atoms with E-state index in [0.717, 1.165) is 11.0 Å². The lowest BCUT2D eigenvalue weighted by atomic mass is 10.1. The van der Waals surface area contributed by atoms with Crippen LogP contribution < -0.4 is 14.8 Å². The van der Waals surface area contributed by atoms with E-state index in [0.29, 0.717) is 0 Å². The zero-order valence-corrected chi connectivity index (χ0v) is 14.5. The van der Waals surface area contributed by atoms with Gasteiger partial charge in [-0.15, -0.1) is 0 Å². The van der Waals surface area contributed by atoms with Gasteiger partial charge < -0.3 is 24.8 Å². The number of amides is 2. The fraction of sp³-hybridized carbons (Fsp3) is 0.438. The number of carboxylic acids is 1. The average Bonchev–Trinajstić information content (AvgIpc) is 2.56. The van der Waals surface area contributed by atoms with Crippen molar-refractivity contribution in [3.8, 4) is 11.5 Å². The Bertz CT molecular complexity index is 668. The van der Waals surface area contributed by atoms with Crippen LogP contribution in [-0.4, -0.2) is 60.6 Å². The number of rotatable bonds is 9. The average molecular weight is 374 g/mol. The molecule has 2 N–H and O–H groups in total. The molecule has 0 aliphatic rings. The summed E-state index contributed by atoms with van der Waals surface area (Å²) in [4.78, 5) is 35.9. The molecule has 8 nitrogen and oxygen atoms in total. The van der Waals surface area contributed by atoms with Crippen molar-refractivity contribution in [2.45, 2.75) is 26.5 Å². The minimum absolute atomic E-state index is 0.00192. The van der Waals surface area contributed by atoms with E-state index in [1.807, 2.05) is 0 Å². The minimum Gasteiger partial charge on any atom is -0.493 e. The number of aliphatic carboxylic acids is 1. The van der Waals surface area contributed by atoms with Crippen LogP contribution in [0.15, 0.2) is 18.2 Å². The molecular weight excluding hydrogens is 354 g/mol. The molecule has 1 rings (SSSR count). The number of carbonyl (C=O) groups is 3. The second kappa shape index (κ2) is 9.54. The third-order valence-corrected chi connectivity index (χ3v) is 3.44. The van der Waals surface area contributed by atoms with Crippen LogP contribution in [0.1, 0.15) is 24.2 Å². The summed E-state index contributed by atoms with van der Waals surface area (Å²) in [5.74, 6) is -2.65. The molecule has 0 aliphatic heterocycles. The highest BCUT2D eigenvalue weighted by Gasteiger charge is 2.27. The molecule has 0 aromatic heterocycles. The molecule has 1 atom stereocenters. The normalized spacial score (nSPS) is 11.6. The maximum absolute atomic E-state index is 12.7. The van der Waals surface area contributed by atoms with Crippen molar-refractivity contribution in [3.63, 3.8) is 0 Å². The number of nitrogens with zero attached hydrogens (tertiary/aromatic N) is 1. The number of alkyl halides is 2. The number of carboxylic acid groups (broad SMARTS) is 1. The number of ether oxygens (including phenoxy) is 2. The van der Waals surface area contributed by atoms with Crippen molar-refractivity contribution in [2.24, 2.45) is 0 Å². The number of halogens is 2. The predicted molar refractivity (Wildman–Crippen MR) is 86.4 cm³/mol. The minimum atomic E-state index is -3.12. The van der Waals surface area contributed by atoms with Crippen LogP contribution in [0.5, 0.6) is 11.5 Å². The molecular formula is C16H20F2N2O6. The van der Waals surface area contributed by atoms with Crippen LogP contribution in [0.2, 0.25) is 0 Å². The summed E-state index contributed by atoms with van der Waals surface area (Å²) in [6.07, 6.45) is 0. The Balaban J connectivity index is 3.12. The molecule has 0 radical (unpaired) electrons. The summed E-state index contributed by atoms with van der Waals surface area (Å²) in [6.45, 7) is -0.584. The zero-order valence-electron chi connectivity index (χ0n) is 14.5. The Morgan fingerprint density at radius 1 is 1.27 bits per heavy atom. The summed E-state index contributed by atoms with van der Waals surface area (Å²) in [7, 11) is 1.25. The number of carbonyl (C=O) groups excluding carboxylic acids is 2. The van der Waals surface area contributed by atoms with Gasteiger partial charge in [0.15, 0.2) is 11.5 Å². The Labute approximate surface area is 148 Å². The van der Waals surface area contributed by atoms with E-state index < -0.39 is 24.5 Å². The number of nitrogens with one attached hydrogen (secondary N) is 1. The van der Waals surface area contributed by atoms with Gasteiger partial charge in [-0.1, -0.05) is 0 Å². The Hall–Kier alpha value is -2.91. The number of hydrogen-bond donors (Lipinski definition) is 2. The molecule has 26 heavy (non-hydrogen) atoms. The molecule has 1 unspecified atom stereocenters.